The van der Waals surface area contributed by atoms with Crippen LogP contribution in [0.5, 0.6) is 0 Å². The van der Waals surface area contributed by atoms with E-state index in [2.05, 4.69) is 0 Å². The molecule has 12 heteroatoms. The van der Waals surface area contributed by atoms with E-state index in [4.69, 9.17) is 18.9 Å². The fourth-order valence-electron chi connectivity index (χ4n) is 2.86. The van der Waals surface area contributed by atoms with Gasteiger partial charge in [-0.25, -0.2) is 4.79 Å². The first-order chi connectivity index (χ1) is 13.1. The predicted octanol–water partition coefficient (Wildman–Crippen LogP) is -1.86. The Morgan fingerprint density at radius 2 is 1.93 bits per heavy atom. The van der Waals surface area contributed by atoms with Gasteiger partial charge in [-0.1, -0.05) is 0 Å². The van der Waals surface area contributed by atoms with Crippen LogP contribution in [0.4, 0.5) is 0 Å². The van der Waals surface area contributed by atoms with E-state index in [1.165, 1.54) is 0 Å². The van der Waals surface area contributed by atoms with E-state index in [9.17, 15) is 29.1 Å². The number of esters is 3. The molecule has 0 aliphatic carbocycles. The monoisotopic (exact) mass is 400 g/mol. The van der Waals surface area contributed by atoms with Crippen molar-refractivity contribution in [1.82, 2.24) is 9.55 Å². The first-order valence-corrected chi connectivity index (χ1v) is 8.18. The molecule has 1 aromatic heterocycles. The lowest BCUT2D eigenvalue weighted by Gasteiger charge is -2.34. The van der Waals surface area contributed by atoms with Gasteiger partial charge in [-0.15, -0.1) is 0 Å². The minimum Gasteiger partial charge on any atom is -0.463 e. The molecule has 2 N–H and O–H groups in total. The van der Waals surface area contributed by atoms with E-state index in [1.807, 2.05) is 4.98 Å². The molecule has 1 saturated heterocycles. The van der Waals surface area contributed by atoms with Crippen molar-refractivity contribution in [1.29, 1.82) is 0 Å². The Balaban J connectivity index is 2.63. The molecular weight excluding hydrogens is 380 g/mol. The summed E-state index contributed by atoms with van der Waals surface area (Å²) in [5.74, 6) is -2.24. The fourth-order valence-corrected chi connectivity index (χ4v) is 2.86. The van der Waals surface area contributed by atoms with E-state index in [0.717, 1.165) is 31.5 Å². The number of aromatic nitrogens is 2. The summed E-state index contributed by atoms with van der Waals surface area (Å²) in [6, 6.07) is 0. The molecule has 2 rings (SSSR count). The van der Waals surface area contributed by atoms with Gasteiger partial charge in [0.25, 0.3) is 11.3 Å². The minimum atomic E-state index is -1.99. The highest BCUT2D eigenvalue weighted by molar-refractivity contribution is 5.68. The number of aliphatic hydroxyl groups is 1. The van der Waals surface area contributed by atoms with Crippen LogP contribution >= 0.6 is 0 Å². The number of aromatic amines is 1. The normalized spacial score (nSPS) is 23.9. The number of rotatable bonds is 6. The number of nitrogens with zero attached hydrogens (tertiary/aromatic N) is 1. The molecule has 154 valence electrons. The average molecular weight is 400 g/mol. The maximum Gasteiger partial charge on any atom is 0.331 e. The van der Waals surface area contributed by atoms with Crippen molar-refractivity contribution in [2.75, 3.05) is 13.2 Å². The van der Waals surface area contributed by atoms with Crippen LogP contribution in [0.2, 0.25) is 0 Å². The Labute approximate surface area is 158 Å². The second-order valence-electron chi connectivity index (χ2n) is 6.06. The van der Waals surface area contributed by atoms with Crippen LogP contribution < -0.4 is 11.2 Å². The fraction of sp³-hybridized carbons (Fsp3) is 0.562. The third kappa shape index (κ3) is 4.28. The summed E-state index contributed by atoms with van der Waals surface area (Å²) >= 11 is 0. The van der Waals surface area contributed by atoms with E-state index in [-0.39, 0.29) is 12.2 Å². The molecule has 28 heavy (non-hydrogen) atoms. The lowest BCUT2D eigenvalue weighted by atomic mass is 10.0. The molecular formula is C16H20N2O10. The summed E-state index contributed by atoms with van der Waals surface area (Å²) in [5, 5.41) is 9.33. The molecule has 0 aromatic carbocycles. The number of aliphatic hydroxyl groups excluding tert-OH is 1. The molecule has 0 bridgehead atoms. The van der Waals surface area contributed by atoms with Gasteiger partial charge in [0.1, 0.15) is 19.3 Å². The SMILES string of the molecule is CC(=O)OC[C@H]1OCC(OC(C)=O)(n2cc(CO)c(=O)[nH]c2=O)C1OC(C)=O. The van der Waals surface area contributed by atoms with E-state index < -0.39 is 60.3 Å². The topological polar surface area (TPSA) is 163 Å². The quantitative estimate of drug-likeness (QED) is 0.409. The van der Waals surface area contributed by atoms with Gasteiger partial charge >= 0.3 is 23.6 Å². The van der Waals surface area contributed by atoms with E-state index in [1.54, 1.807) is 0 Å². The molecule has 12 nitrogen and oxygen atoms in total. The van der Waals surface area contributed by atoms with Gasteiger partial charge in [-0.3, -0.25) is 28.7 Å². The molecule has 0 radical (unpaired) electrons. The number of hydrogen-bond donors (Lipinski definition) is 2. The summed E-state index contributed by atoms with van der Waals surface area (Å²) in [4.78, 5) is 60.7. The number of carbonyl (C=O) groups excluding carboxylic acids is 3. The summed E-state index contributed by atoms with van der Waals surface area (Å²) in [5.41, 5.74) is -4.01. The second-order valence-corrected chi connectivity index (χ2v) is 6.06. The minimum absolute atomic E-state index is 0.198. The highest BCUT2D eigenvalue weighted by Crippen LogP contribution is 2.35. The smallest absolute Gasteiger partial charge is 0.331 e. The Morgan fingerprint density at radius 3 is 2.46 bits per heavy atom. The first kappa shape index (κ1) is 21.3. The van der Waals surface area contributed by atoms with Crippen LogP contribution in [0.15, 0.2) is 15.8 Å². The van der Waals surface area contributed by atoms with Crippen molar-refractivity contribution in [3.63, 3.8) is 0 Å². The summed E-state index contributed by atoms with van der Waals surface area (Å²) in [7, 11) is 0. The van der Waals surface area contributed by atoms with Gasteiger partial charge in [0.05, 0.1) is 12.2 Å². The first-order valence-electron chi connectivity index (χ1n) is 8.18. The molecule has 1 aliphatic heterocycles. The zero-order valence-corrected chi connectivity index (χ0v) is 15.4. The van der Waals surface area contributed by atoms with E-state index in [0.29, 0.717) is 0 Å². The van der Waals surface area contributed by atoms with Crippen molar-refractivity contribution in [2.45, 2.75) is 45.3 Å². The lowest BCUT2D eigenvalue weighted by Crippen LogP contribution is -2.56. The molecule has 0 amide bonds. The number of carbonyl (C=O) groups is 3. The van der Waals surface area contributed by atoms with Crippen molar-refractivity contribution >= 4 is 17.9 Å². The third-order valence-electron chi connectivity index (χ3n) is 3.94. The van der Waals surface area contributed by atoms with E-state index >= 15 is 0 Å². The molecule has 2 unspecified atom stereocenters. The number of nitrogens with one attached hydrogen (secondary N) is 1. The largest absolute Gasteiger partial charge is 0.463 e. The highest BCUT2D eigenvalue weighted by atomic mass is 16.7. The molecule has 1 aromatic rings. The van der Waals surface area contributed by atoms with Crippen LogP contribution in [0.1, 0.15) is 26.3 Å². The number of ether oxygens (including phenoxy) is 4. The number of H-pyrrole nitrogens is 1. The molecule has 1 aliphatic rings. The zero-order valence-electron chi connectivity index (χ0n) is 15.4. The summed E-state index contributed by atoms with van der Waals surface area (Å²) < 4.78 is 21.8. The van der Waals surface area contributed by atoms with Crippen molar-refractivity contribution < 1.29 is 38.4 Å². The summed E-state index contributed by atoms with van der Waals surface area (Å²) in [6.45, 7) is 1.81. The molecule has 0 spiro atoms. The van der Waals surface area contributed by atoms with Crippen LogP contribution in [0.3, 0.4) is 0 Å². The van der Waals surface area contributed by atoms with Crippen molar-refractivity contribution in [2.24, 2.45) is 0 Å². The van der Waals surface area contributed by atoms with Gasteiger partial charge in [0, 0.05) is 27.0 Å². The lowest BCUT2D eigenvalue weighted by molar-refractivity contribution is -0.198. The van der Waals surface area contributed by atoms with Crippen molar-refractivity contribution in [3.05, 3.63) is 32.6 Å². The third-order valence-corrected chi connectivity index (χ3v) is 3.94. The Kier molecular flexibility index (Phi) is 6.36. The standard InChI is InChI=1S/C16H20N2O10/c1-8(20)25-6-12-13(27-9(2)21)16(7-26-12,28-10(3)22)18-4-11(5-19)14(23)17-15(18)24/h4,12-13,19H,5-7H2,1-3H3,(H,17,23,24)/t12-,13?,16?/m1/s1. The maximum atomic E-state index is 12.4. The molecule has 2 heterocycles. The Bertz CT molecular complexity index is 888. The van der Waals surface area contributed by atoms with Crippen molar-refractivity contribution in [3.8, 4) is 0 Å². The molecule has 3 atom stereocenters. The Morgan fingerprint density at radius 1 is 1.25 bits per heavy atom. The van der Waals surface area contributed by atoms with Crippen LogP contribution in [0.25, 0.3) is 0 Å². The van der Waals surface area contributed by atoms with Gasteiger partial charge < -0.3 is 24.1 Å². The Hall–Kier alpha value is -2.99. The van der Waals surface area contributed by atoms with Gasteiger partial charge in [-0.05, 0) is 0 Å². The van der Waals surface area contributed by atoms with Crippen LogP contribution in [-0.4, -0.2) is 58.0 Å². The molecule has 1 fully saturated rings. The zero-order chi connectivity index (χ0) is 21.1. The highest BCUT2D eigenvalue weighted by Gasteiger charge is 2.57. The van der Waals surface area contributed by atoms with Gasteiger partial charge in [0.15, 0.2) is 6.10 Å². The average Bonchev–Trinajstić information content (AvgIpc) is 2.90. The van der Waals surface area contributed by atoms with Crippen LogP contribution in [-0.2, 0) is 45.7 Å². The van der Waals surface area contributed by atoms with Gasteiger partial charge in [-0.2, -0.15) is 0 Å². The second kappa shape index (κ2) is 8.35. The number of hydrogen-bond acceptors (Lipinski definition) is 10. The maximum absolute atomic E-state index is 12.4. The van der Waals surface area contributed by atoms with Gasteiger partial charge in [0.2, 0.25) is 0 Å². The van der Waals surface area contributed by atoms with Crippen LogP contribution in [0, 0.1) is 0 Å². The predicted molar refractivity (Wildman–Crippen MR) is 88.9 cm³/mol. The molecule has 0 saturated carbocycles. The summed E-state index contributed by atoms with van der Waals surface area (Å²) in [6.07, 6.45) is -1.47.